The zero-order chi connectivity index (χ0) is 18.6. The van der Waals surface area contributed by atoms with Gasteiger partial charge >= 0.3 is 0 Å². The van der Waals surface area contributed by atoms with Crippen molar-refractivity contribution in [2.75, 3.05) is 11.1 Å². The predicted octanol–water partition coefficient (Wildman–Crippen LogP) is 5.99. The van der Waals surface area contributed by atoms with Gasteiger partial charge in [-0.15, -0.1) is 23.1 Å². The number of hydrogen-bond donors (Lipinski definition) is 1. The number of amides is 1. The summed E-state index contributed by atoms with van der Waals surface area (Å²) in [6.07, 6.45) is 0.443. The highest BCUT2D eigenvalue weighted by atomic mass is 32.2. The van der Waals surface area contributed by atoms with Crippen LogP contribution in [0.2, 0.25) is 0 Å². The maximum atomic E-state index is 12.2. The number of fused-ring (bicyclic) bond motifs is 1. The number of benzene rings is 2. The number of rotatable bonds is 6. The second kappa shape index (κ2) is 7.98. The summed E-state index contributed by atoms with van der Waals surface area (Å²) in [4.78, 5) is 17.8. The van der Waals surface area contributed by atoms with Crippen LogP contribution in [0, 0.1) is 6.92 Å². The maximum Gasteiger partial charge on any atom is 0.226 e. The first-order valence-corrected chi connectivity index (χ1v) is 10.5. The molecule has 1 N–H and O–H groups in total. The van der Waals surface area contributed by atoms with Gasteiger partial charge in [-0.1, -0.05) is 35.9 Å². The lowest BCUT2D eigenvalue weighted by atomic mass is 10.2. The first kappa shape index (κ1) is 17.8. The van der Waals surface area contributed by atoms with Crippen LogP contribution in [0.15, 0.2) is 69.3 Å². The van der Waals surface area contributed by atoms with Gasteiger partial charge in [-0.05, 0) is 31.2 Å². The maximum absolute atomic E-state index is 12.2. The van der Waals surface area contributed by atoms with E-state index < -0.39 is 0 Å². The molecule has 0 aliphatic heterocycles. The molecule has 136 valence electrons. The quantitative estimate of drug-likeness (QED) is 0.408. The van der Waals surface area contributed by atoms with Crippen LogP contribution in [-0.4, -0.2) is 16.6 Å². The highest BCUT2D eigenvalue weighted by Gasteiger charge is 2.12. The van der Waals surface area contributed by atoms with Gasteiger partial charge in [-0.3, -0.25) is 4.79 Å². The third kappa shape index (κ3) is 4.40. The molecule has 6 heteroatoms. The van der Waals surface area contributed by atoms with Gasteiger partial charge in [0.05, 0.1) is 0 Å². The molecule has 2 aromatic carbocycles. The van der Waals surface area contributed by atoms with Crippen molar-refractivity contribution in [3.8, 4) is 11.5 Å². The number of hydrogen-bond acceptors (Lipinski definition) is 5. The molecule has 4 nitrogen and oxygen atoms in total. The number of carbonyl (C=O) groups excluding carboxylic acids is 1. The number of thioether (sulfide) groups is 1. The van der Waals surface area contributed by atoms with E-state index in [9.17, 15) is 4.79 Å². The average Bonchev–Trinajstić information content (AvgIpc) is 3.30. The molecule has 0 bridgehead atoms. The summed E-state index contributed by atoms with van der Waals surface area (Å²) in [5.41, 5.74) is 2.81. The average molecular weight is 395 g/mol. The molecule has 1 amide bonds. The van der Waals surface area contributed by atoms with E-state index >= 15 is 0 Å². The predicted molar refractivity (Wildman–Crippen MR) is 112 cm³/mol. The molecule has 0 saturated heterocycles. The Labute approximate surface area is 165 Å². The molecule has 4 rings (SSSR count). The van der Waals surface area contributed by atoms with Crippen LogP contribution in [0.3, 0.4) is 0 Å². The van der Waals surface area contributed by atoms with Crippen LogP contribution < -0.4 is 5.32 Å². The number of nitrogens with one attached hydrogen (secondary N) is 1. The van der Waals surface area contributed by atoms with Gasteiger partial charge in [0.15, 0.2) is 10.9 Å². The number of para-hydroxylation sites is 1. The smallest absolute Gasteiger partial charge is 0.226 e. The second-order valence-electron chi connectivity index (χ2n) is 6.15. The van der Waals surface area contributed by atoms with Gasteiger partial charge in [0.25, 0.3) is 0 Å². The Morgan fingerprint density at radius 1 is 1.19 bits per heavy atom. The fourth-order valence-electron chi connectivity index (χ4n) is 2.63. The van der Waals surface area contributed by atoms with Crippen LogP contribution >= 0.6 is 23.1 Å². The van der Waals surface area contributed by atoms with Crippen molar-refractivity contribution >= 4 is 45.1 Å². The Morgan fingerprint density at radius 3 is 2.81 bits per heavy atom. The molecule has 0 saturated carbocycles. The summed E-state index contributed by atoms with van der Waals surface area (Å²) in [5, 5.41) is 6.41. The number of thiazole rings is 1. The summed E-state index contributed by atoms with van der Waals surface area (Å²) in [7, 11) is 0. The lowest BCUT2D eigenvalue weighted by Crippen LogP contribution is -2.11. The van der Waals surface area contributed by atoms with E-state index in [1.165, 1.54) is 21.8 Å². The van der Waals surface area contributed by atoms with Gasteiger partial charge in [-0.25, -0.2) is 4.98 Å². The molecule has 2 aromatic heterocycles. The number of aryl methyl sites for hydroxylation is 1. The number of furan rings is 1. The van der Waals surface area contributed by atoms with Crippen LogP contribution in [0.25, 0.3) is 22.4 Å². The third-order valence-electron chi connectivity index (χ3n) is 4.05. The van der Waals surface area contributed by atoms with Crippen molar-refractivity contribution in [1.82, 2.24) is 4.98 Å². The first-order valence-electron chi connectivity index (χ1n) is 8.61. The molecule has 0 aliphatic carbocycles. The molecule has 0 atom stereocenters. The second-order valence-corrected chi connectivity index (χ2v) is 8.17. The van der Waals surface area contributed by atoms with Gasteiger partial charge in [0.2, 0.25) is 5.91 Å². The Kier molecular flexibility index (Phi) is 5.27. The summed E-state index contributed by atoms with van der Waals surface area (Å²) in [5.74, 6) is 1.42. The molecule has 0 spiro atoms. The van der Waals surface area contributed by atoms with E-state index in [0.29, 0.717) is 17.3 Å². The normalized spacial score (nSPS) is 11.0. The summed E-state index contributed by atoms with van der Waals surface area (Å²) in [6.45, 7) is 2.07. The number of anilines is 1. The number of carbonyl (C=O) groups is 1. The molecular weight excluding hydrogens is 376 g/mol. The Hall–Kier alpha value is -2.57. The van der Waals surface area contributed by atoms with Crippen LogP contribution in [0.4, 0.5) is 5.13 Å². The van der Waals surface area contributed by atoms with Crippen molar-refractivity contribution in [1.29, 1.82) is 0 Å². The van der Waals surface area contributed by atoms with E-state index in [0.717, 1.165) is 22.4 Å². The third-order valence-corrected chi connectivity index (χ3v) is 5.82. The number of nitrogens with zero attached hydrogens (tertiary/aromatic N) is 1. The van der Waals surface area contributed by atoms with Crippen LogP contribution in [-0.2, 0) is 4.79 Å². The SMILES string of the molecule is Cc1ccc(SCCC(=O)Nc2nc(-c3cc4ccccc4o3)cs2)cc1. The molecule has 0 aliphatic rings. The fraction of sp³-hybridized carbons (Fsp3) is 0.143. The van der Waals surface area contributed by atoms with Crippen molar-refractivity contribution in [3.63, 3.8) is 0 Å². The minimum Gasteiger partial charge on any atom is -0.454 e. The van der Waals surface area contributed by atoms with Crippen molar-refractivity contribution in [2.45, 2.75) is 18.2 Å². The van der Waals surface area contributed by atoms with Gasteiger partial charge in [0, 0.05) is 27.8 Å². The highest BCUT2D eigenvalue weighted by molar-refractivity contribution is 7.99. The number of aromatic nitrogens is 1. The van der Waals surface area contributed by atoms with E-state index in [-0.39, 0.29) is 5.91 Å². The van der Waals surface area contributed by atoms with Crippen molar-refractivity contribution in [3.05, 3.63) is 65.5 Å². The fourth-order valence-corrected chi connectivity index (χ4v) is 4.20. The molecule has 2 heterocycles. The monoisotopic (exact) mass is 394 g/mol. The molecule has 0 unspecified atom stereocenters. The minimum absolute atomic E-state index is 0.0277. The Balaban J connectivity index is 1.33. The summed E-state index contributed by atoms with van der Waals surface area (Å²) < 4.78 is 5.82. The summed E-state index contributed by atoms with van der Waals surface area (Å²) >= 11 is 3.08. The van der Waals surface area contributed by atoms with Crippen molar-refractivity contribution < 1.29 is 9.21 Å². The Morgan fingerprint density at radius 2 is 2.00 bits per heavy atom. The van der Waals surface area contributed by atoms with Crippen LogP contribution in [0.1, 0.15) is 12.0 Å². The molecular formula is C21H18N2O2S2. The van der Waals surface area contributed by atoms with E-state index in [2.05, 4.69) is 41.5 Å². The lowest BCUT2D eigenvalue weighted by molar-refractivity contribution is -0.115. The summed E-state index contributed by atoms with van der Waals surface area (Å²) in [6, 6.07) is 18.1. The lowest BCUT2D eigenvalue weighted by Gasteiger charge is -2.03. The van der Waals surface area contributed by atoms with Gasteiger partial charge in [0.1, 0.15) is 11.3 Å². The highest BCUT2D eigenvalue weighted by Crippen LogP contribution is 2.30. The molecule has 0 radical (unpaired) electrons. The van der Waals surface area contributed by atoms with Crippen molar-refractivity contribution in [2.24, 2.45) is 0 Å². The zero-order valence-corrected chi connectivity index (χ0v) is 16.4. The molecule has 4 aromatic rings. The Bertz CT molecular complexity index is 1030. The van der Waals surface area contributed by atoms with E-state index in [1.54, 1.807) is 11.8 Å². The topological polar surface area (TPSA) is 55.1 Å². The largest absolute Gasteiger partial charge is 0.454 e. The minimum atomic E-state index is -0.0277. The van der Waals surface area contributed by atoms with Gasteiger partial charge in [-0.2, -0.15) is 0 Å². The zero-order valence-electron chi connectivity index (χ0n) is 14.8. The van der Waals surface area contributed by atoms with Gasteiger partial charge < -0.3 is 9.73 Å². The molecule has 27 heavy (non-hydrogen) atoms. The van der Waals surface area contributed by atoms with E-state index in [4.69, 9.17) is 4.42 Å². The molecule has 0 fully saturated rings. The standard InChI is InChI=1S/C21H18N2O2S2/c1-14-6-8-16(9-7-14)26-11-10-20(24)23-21-22-17(13-27-21)19-12-15-4-2-3-5-18(15)25-19/h2-9,12-13H,10-11H2,1H3,(H,22,23,24). The van der Waals surface area contributed by atoms with E-state index in [1.807, 2.05) is 35.7 Å². The van der Waals surface area contributed by atoms with Crippen LogP contribution in [0.5, 0.6) is 0 Å². The first-order chi connectivity index (χ1) is 13.2.